The lowest BCUT2D eigenvalue weighted by Gasteiger charge is -2.14. The summed E-state index contributed by atoms with van der Waals surface area (Å²) in [5.74, 6) is 0.370. The summed E-state index contributed by atoms with van der Waals surface area (Å²) < 4.78 is 7.54. The number of benzene rings is 1. The van der Waals surface area contributed by atoms with Crippen LogP contribution in [0.4, 0.5) is 0 Å². The van der Waals surface area contributed by atoms with Gasteiger partial charge in [-0.1, -0.05) is 6.07 Å². The van der Waals surface area contributed by atoms with E-state index in [2.05, 4.69) is 10.3 Å². The van der Waals surface area contributed by atoms with Gasteiger partial charge in [0.15, 0.2) is 6.10 Å². The van der Waals surface area contributed by atoms with Crippen molar-refractivity contribution in [2.24, 2.45) is 0 Å². The fourth-order valence-electron chi connectivity index (χ4n) is 2.43. The van der Waals surface area contributed by atoms with E-state index in [0.717, 1.165) is 11.3 Å². The summed E-state index contributed by atoms with van der Waals surface area (Å²) in [5.41, 5.74) is 2.37. The number of rotatable bonds is 6. The number of nitriles is 1. The minimum Gasteiger partial charge on any atom is -0.481 e. The van der Waals surface area contributed by atoms with Crippen molar-refractivity contribution in [1.82, 2.24) is 14.7 Å². The van der Waals surface area contributed by atoms with Crippen molar-refractivity contribution >= 4 is 11.6 Å². The van der Waals surface area contributed by atoms with Crippen LogP contribution < -0.4 is 10.1 Å². The molecule has 1 atom stereocenters. The highest BCUT2D eigenvalue weighted by Gasteiger charge is 2.14. The summed E-state index contributed by atoms with van der Waals surface area (Å²) >= 11 is 0. The first-order valence-electron chi connectivity index (χ1n) is 8.03. The average Bonchev–Trinajstić information content (AvgIpc) is 3.05. The molecule has 3 rings (SSSR count). The number of nitrogens with zero attached hydrogens (tertiary/aromatic N) is 3. The second-order valence-electron chi connectivity index (χ2n) is 5.64. The number of amides is 1. The Kier molecular flexibility index (Phi) is 4.95. The third kappa shape index (κ3) is 4.15. The van der Waals surface area contributed by atoms with E-state index in [0.29, 0.717) is 24.3 Å². The smallest absolute Gasteiger partial charge is 0.260 e. The monoisotopic (exact) mass is 334 g/mol. The highest BCUT2D eigenvalue weighted by Crippen LogP contribution is 2.13. The van der Waals surface area contributed by atoms with Gasteiger partial charge in [-0.3, -0.25) is 4.79 Å². The molecule has 25 heavy (non-hydrogen) atoms. The standard InChI is InChI=1S/C19H18N4O2/c1-14(25-17-7-5-15(12-20)6-8-17)19(24)21-10-9-16-13-23-11-3-2-4-18(23)22-16/h2-8,11,13-14H,9-10H2,1H3,(H,21,24). The van der Waals surface area contributed by atoms with Gasteiger partial charge in [0.1, 0.15) is 11.4 Å². The quantitative estimate of drug-likeness (QED) is 0.750. The molecule has 0 aliphatic carbocycles. The summed E-state index contributed by atoms with van der Waals surface area (Å²) in [6.07, 6.45) is 3.93. The Balaban J connectivity index is 1.48. The molecule has 0 fully saturated rings. The Hall–Kier alpha value is -3.33. The topological polar surface area (TPSA) is 79.4 Å². The average molecular weight is 334 g/mol. The number of hydrogen-bond donors (Lipinski definition) is 1. The normalized spacial score (nSPS) is 11.7. The zero-order chi connectivity index (χ0) is 17.6. The molecule has 0 radical (unpaired) electrons. The van der Waals surface area contributed by atoms with E-state index >= 15 is 0 Å². The number of imidazole rings is 1. The van der Waals surface area contributed by atoms with Crippen molar-refractivity contribution in [3.63, 3.8) is 0 Å². The number of carbonyl (C=O) groups excluding carboxylic acids is 1. The second kappa shape index (κ2) is 7.49. The summed E-state index contributed by atoms with van der Waals surface area (Å²) in [4.78, 5) is 16.6. The number of fused-ring (bicyclic) bond motifs is 1. The maximum Gasteiger partial charge on any atom is 0.260 e. The van der Waals surface area contributed by atoms with Gasteiger partial charge >= 0.3 is 0 Å². The van der Waals surface area contributed by atoms with Crippen molar-refractivity contribution in [3.05, 3.63) is 66.1 Å². The maximum atomic E-state index is 12.1. The highest BCUT2D eigenvalue weighted by molar-refractivity contribution is 5.80. The van der Waals surface area contributed by atoms with Gasteiger partial charge in [-0.05, 0) is 43.3 Å². The van der Waals surface area contributed by atoms with Crippen molar-refractivity contribution < 1.29 is 9.53 Å². The molecule has 1 amide bonds. The van der Waals surface area contributed by atoms with Crippen LogP contribution in [0.1, 0.15) is 18.2 Å². The molecule has 2 aromatic heterocycles. The number of nitrogens with one attached hydrogen (secondary N) is 1. The molecule has 126 valence electrons. The molecule has 1 unspecified atom stereocenters. The largest absolute Gasteiger partial charge is 0.481 e. The van der Waals surface area contributed by atoms with Crippen molar-refractivity contribution in [1.29, 1.82) is 5.26 Å². The zero-order valence-electron chi connectivity index (χ0n) is 13.8. The van der Waals surface area contributed by atoms with Crippen molar-refractivity contribution in [2.75, 3.05) is 6.54 Å². The lowest BCUT2D eigenvalue weighted by atomic mass is 10.2. The predicted octanol–water partition coefficient (Wildman–Crippen LogP) is 2.33. The van der Waals surface area contributed by atoms with Crippen LogP contribution in [-0.4, -0.2) is 27.9 Å². The zero-order valence-corrected chi connectivity index (χ0v) is 13.8. The molecule has 6 nitrogen and oxygen atoms in total. The Labute approximate surface area is 145 Å². The number of aromatic nitrogens is 2. The van der Waals surface area contributed by atoms with Gasteiger partial charge in [0.2, 0.25) is 0 Å². The Bertz CT molecular complexity index is 876. The van der Waals surface area contributed by atoms with E-state index in [1.165, 1.54) is 0 Å². The third-order valence-corrected chi connectivity index (χ3v) is 3.76. The van der Waals surface area contributed by atoms with E-state index < -0.39 is 6.10 Å². The summed E-state index contributed by atoms with van der Waals surface area (Å²) in [5, 5.41) is 11.6. The van der Waals surface area contributed by atoms with Crippen LogP contribution >= 0.6 is 0 Å². The van der Waals surface area contributed by atoms with Crippen LogP contribution in [0, 0.1) is 11.3 Å². The molecule has 3 aromatic rings. The molecular formula is C19H18N4O2. The third-order valence-electron chi connectivity index (χ3n) is 3.76. The van der Waals surface area contributed by atoms with Gasteiger partial charge in [-0.2, -0.15) is 5.26 Å². The lowest BCUT2D eigenvalue weighted by Crippen LogP contribution is -2.37. The molecule has 1 N–H and O–H groups in total. The first-order valence-corrected chi connectivity index (χ1v) is 8.03. The van der Waals surface area contributed by atoms with Crippen LogP contribution in [0.5, 0.6) is 5.75 Å². The minimum absolute atomic E-state index is 0.187. The summed E-state index contributed by atoms with van der Waals surface area (Å²) in [6.45, 7) is 2.18. The van der Waals surface area contributed by atoms with Gasteiger partial charge in [0.05, 0.1) is 17.3 Å². The van der Waals surface area contributed by atoms with E-state index in [4.69, 9.17) is 10.00 Å². The first kappa shape index (κ1) is 16.5. The summed E-state index contributed by atoms with van der Waals surface area (Å²) in [7, 11) is 0. The molecule has 0 spiro atoms. The van der Waals surface area contributed by atoms with E-state index in [-0.39, 0.29) is 5.91 Å². The van der Waals surface area contributed by atoms with Crippen LogP contribution in [0.25, 0.3) is 5.65 Å². The van der Waals surface area contributed by atoms with Gasteiger partial charge < -0.3 is 14.5 Å². The molecule has 6 heteroatoms. The molecule has 0 saturated carbocycles. The van der Waals surface area contributed by atoms with Gasteiger partial charge in [0.25, 0.3) is 5.91 Å². The first-order chi connectivity index (χ1) is 12.2. The number of hydrogen-bond acceptors (Lipinski definition) is 4. The van der Waals surface area contributed by atoms with Crippen molar-refractivity contribution in [2.45, 2.75) is 19.4 Å². The van der Waals surface area contributed by atoms with Crippen LogP contribution in [0.2, 0.25) is 0 Å². The second-order valence-corrected chi connectivity index (χ2v) is 5.64. The SMILES string of the molecule is CC(Oc1ccc(C#N)cc1)C(=O)NCCc1cn2ccccc2n1. The fraction of sp³-hybridized carbons (Fsp3) is 0.211. The Morgan fingerprint density at radius 1 is 1.32 bits per heavy atom. The van der Waals surface area contributed by atoms with Crippen LogP contribution in [0.15, 0.2) is 54.9 Å². The van der Waals surface area contributed by atoms with Crippen LogP contribution in [0.3, 0.4) is 0 Å². The molecule has 0 bridgehead atoms. The van der Waals surface area contributed by atoms with E-state index in [1.807, 2.05) is 41.1 Å². The molecule has 0 saturated heterocycles. The summed E-state index contributed by atoms with van der Waals surface area (Å²) in [6, 6.07) is 14.5. The molecule has 0 aliphatic rings. The molecule has 1 aromatic carbocycles. The molecular weight excluding hydrogens is 316 g/mol. The lowest BCUT2D eigenvalue weighted by molar-refractivity contribution is -0.127. The molecule has 0 aliphatic heterocycles. The van der Waals surface area contributed by atoms with Gasteiger partial charge in [-0.15, -0.1) is 0 Å². The maximum absolute atomic E-state index is 12.1. The fourth-order valence-corrected chi connectivity index (χ4v) is 2.43. The Morgan fingerprint density at radius 2 is 2.12 bits per heavy atom. The van der Waals surface area contributed by atoms with E-state index in [1.54, 1.807) is 31.2 Å². The predicted molar refractivity (Wildman–Crippen MR) is 93.2 cm³/mol. The van der Waals surface area contributed by atoms with Gasteiger partial charge in [0, 0.05) is 25.4 Å². The number of ether oxygens (including phenoxy) is 1. The number of carbonyl (C=O) groups is 1. The van der Waals surface area contributed by atoms with Gasteiger partial charge in [-0.25, -0.2) is 4.98 Å². The highest BCUT2D eigenvalue weighted by atomic mass is 16.5. The number of pyridine rings is 1. The molecule has 2 heterocycles. The minimum atomic E-state index is -0.617. The van der Waals surface area contributed by atoms with Crippen molar-refractivity contribution in [3.8, 4) is 11.8 Å². The van der Waals surface area contributed by atoms with Crippen LogP contribution in [-0.2, 0) is 11.2 Å². The Morgan fingerprint density at radius 3 is 2.84 bits per heavy atom. The van der Waals surface area contributed by atoms with E-state index in [9.17, 15) is 4.79 Å².